The van der Waals surface area contributed by atoms with Crippen LogP contribution in [0.2, 0.25) is 0 Å². The van der Waals surface area contributed by atoms with Gasteiger partial charge in [-0.05, 0) is 23.1 Å². The van der Waals surface area contributed by atoms with Crippen molar-refractivity contribution in [2.24, 2.45) is 7.05 Å². The van der Waals surface area contributed by atoms with Gasteiger partial charge in [0.15, 0.2) is 5.78 Å². The molecule has 5 aromatic rings. The maximum atomic E-state index is 13.5. The quantitative estimate of drug-likeness (QED) is 0.418. The second-order valence-corrected chi connectivity index (χ2v) is 7.82. The lowest BCUT2D eigenvalue weighted by Crippen LogP contribution is -2.24. The summed E-state index contributed by atoms with van der Waals surface area (Å²) in [6, 6.07) is 19.5. The van der Waals surface area contributed by atoms with E-state index in [4.69, 9.17) is 0 Å². The van der Waals surface area contributed by atoms with Crippen molar-refractivity contribution in [3.63, 3.8) is 0 Å². The van der Waals surface area contributed by atoms with Crippen LogP contribution in [0.3, 0.4) is 0 Å². The Morgan fingerprint density at radius 2 is 1.79 bits per heavy atom. The fourth-order valence-corrected chi connectivity index (χ4v) is 4.63. The number of hydrogen-bond acceptors (Lipinski definition) is 4. The molecule has 0 saturated heterocycles. The first-order valence-corrected chi connectivity index (χ1v) is 10.1. The van der Waals surface area contributed by atoms with Crippen molar-refractivity contribution in [2.45, 2.75) is 6.54 Å². The first-order valence-electron chi connectivity index (χ1n) is 9.24. The minimum absolute atomic E-state index is 0.0481. The molecule has 5 nitrogen and oxygen atoms in total. The maximum absolute atomic E-state index is 13.5. The number of aryl methyl sites for hydroxylation is 1. The van der Waals surface area contributed by atoms with E-state index < -0.39 is 0 Å². The van der Waals surface area contributed by atoms with Gasteiger partial charge in [0.1, 0.15) is 4.70 Å². The Morgan fingerprint density at radius 1 is 1.03 bits per heavy atom. The third-order valence-corrected chi connectivity index (χ3v) is 6.07. The molecule has 0 unspecified atom stereocenters. The van der Waals surface area contributed by atoms with Crippen molar-refractivity contribution in [3.05, 3.63) is 88.3 Å². The molecule has 0 atom stereocenters. The summed E-state index contributed by atoms with van der Waals surface area (Å²) in [5.74, 6) is -0.111. The Hall–Kier alpha value is -3.51. The van der Waals surface area contributed by atoms with Gasteiger partial charge in [0.2, 0.25) is 0 Å². The number of aromatic nitrogens is 3. The van der Waals surface area contributed by atoms with E-state index in [1.165, 1.54) is 22.2 Å². The number of fused-ring (bicyclic) bond motifs is 2. The summed E-state index contributed by atoms with van der Waals surface area (Å²) in [5, 5.41) is 2.72. The summed E-state index contributed by atoms with van der Waals surface area (Å²) < 4.78 is 4.01. The van der Waals surface area contributed by atoms with Crippen LogP contribution < -0.4 is 5.56 Å². The van der Waals surface area contributed by atoms with Crippen LogP contribution in [-0.4, -0.2) is 19.9 Å². The number of ketones is 1. The number of thiophene rings is 1. The van der Waals surface area contributed by atoms with Crippen molar-refractivity contribution in [1.29, 1.82) is 0 Å². The molecule has 0 amide bonds. The highest BCUT2D eigenvalue weighted by molar-refractivity contribution is 7.17. The van der Waals surface area contributed by atoms with Crippen LogP contribution in [0.1, 0.15) is 10.4 Å². The number of carbonyl (C=O) groups excluding carboxylic acids is 1. The standard InChI is InChI=1S/C23H17N3O2S/c1-25-18-10-6-5-9-16(18)20(21(25)15-7-3-2-4-8-15)19(27)13-26-14-24-17-11-12-29-22(17)23(26)28/h2-12,14H,13H2,1H3. The highest BCUT2D eigenvalue weighted by atomic mass is 32.1. The van der Waals surface area contributed by atoms with Gasteiger partial charge in [-0.2, -0.15) is 0 Å². The van der Waals surface area contributed by atoms with E-state index in [2.05, 4.69) is 4.98 Å². The smallest absolute Gasteiger partial charge is 0.271 e. The number of hydrogen-bond donors (Lipinski definition) is 0. The van der Waals surface area contributed by atoms with Gasteiger partial charge in [0.05, 0.1) is 29.6 Å². The van der Waals surface area contributed by atoms with Gasteiger partial charge < -0.3 is 4.57 Å². The SMILES string of the molecule is Cn1c(-c2ccccc2)c(C(=O)Cn2cnc3ccsc3c2=O)c2ccccc21. The van der Waals surface area contributed by atoms with Crippen LogP contribution in [0.5, 0.6) is 0 Å². The lowest BCUT2D eigenvalue weighted by molar-refractivity contribution is 0.0973. The van der Waals surface area contributed by atoms with E-state index in [-0.39, 0.29) is 17.9 Å². The number of benzene rings is 2. The highest BCUT2D eigenvalue weighted by Gasteiger charge is 2.22. The molecule has 6 heteroatoms. The molecule has 0 aliphatic rings. The average molecular weight is 399 g/mol. The molecular formula is C23H17N3O2S. The molecule has 0 aliphatic carbocycles. The Kier molecular flexibility index (Phi) is 4.14. The first-order chi connectivity index (χ1) is 14.1. The number of nitrogens with zero attached hydrogens (tertiary/aromatic N) is 3. The van der Waals surface area contributed by atoms with Gasteiger partial charge in [-0.25, -0.2) is 4.98 Å². The zero-order valence-corrected chi connectivity index (χ0v) is 16.5. The zero-order valence-electron chi connectivity index (χ0n) is 15.7. The Morgan fingerprint density at radius 3 is 2.62 bits per heavy atom. The molecule has 0 saturated carbocycles. The van der Waals surface area contributed by atoms with Gasteiger partial charge in [-0.1, -0.05) is 48.5 Å². The fourth-order valence-electron chi connectivity index (χ4n) is 3.83. The molecule has 3 aromatic heterocycles. The first kappa shape index (κ1) is 17.6. The van der Waals surface area contributed by atoms with Gasteiger partial charge >= 0.3 is 0 Å². The van der Waals surface area contributed by atoms with Crippen molar-refractivity contribution in [2.75, 3.05) is 0 Å². The van der Waals surface area contributed by atoms with Gasteiger partial charge in [0, 0.05) is 18.0 Å². The molecule has 0 N–H and O–H groups in total. The highest BCUT2D eigenvalue weighted by Crippen LogP contribution is 2.33. The predicted octanol–water partition coefficient (Wildman–Crippen LogP) is 4.50. The predicted molar refractivity (Wildman–Crippen MR) is 117 cm³/mol. The van der Waals surface area contributed by atoms with Crippen LogP contribution in [0.25, 0.3) is 32.4 Å². The summed E-state index contributed by atoms with van der Waals surface area (Å²) in [4.78, 5) is 30.5. The summed E-state index contributed by atoms with van der Waals surface area (Å²) in [6.45, 7) is -0.0481. The maximum Gasteiger partial charge on any atom is 0.271 e. The van der Waals surface area contributed by atoms with E-state index in [1.54, 1.807) is 0 Å². The summed E-state index contributed by atoms with van der Waals surface area (Å²) in [7, 11) is 1.97. The van der Waals surface area contributed by atoms with Crippen molar-refractivity contribution >= 4 is 38.2 Å². The number of Topliss-reactive ketones (excluding diaryl/α,β-unsaturated/α-hetero) is 1. The van der Waals surface area contributed by atoms with E-state index in [1.807, 2.05) is 77.7 Å². The van der Waals surface area contributed by atoms with Gasteiger partial charge in [-0.15, -0.1) is 11.3 Å². The third-order valence-electron chi connectivity index (χ3n) is 5.18. The minimum atomic E-state index is -0.181. The van der Waals surface area contributed by atoms with E-state index in [0.29, 0.717) is 15.8 Å². The van der Waals surface area contributed by atoms with Crippen LogP contribution in [0.15, 0.2) is 77.2 Å². The second-order valence-electron chi connectivity index (χ2n) is 6.90. The average Bonchev–Trinajstić information content (AvgIpc) is 3.34. The van der Waals surface area contributed by atoms with Crippen molar-refractivity contribution in [3.8, 4) is 11.3 Å². The molecule has 0 bridgehead atoms. The molecule has 0 aliphatic heterocycles. The lowest BCUT2D eigenvalue weighted by atomic mass is 10.0. The minimum Gasteiger partial charge on any atom is -0.343 e. The molecule has 2 aromatic carbocycles. The van der Waals surface area contributed by atoms with E-state index in [0.717, 1.165) is 22.2 Å². The van der Waals surface area contributed by atoms with Crippen LogP contribution in [0, 0.1) is 0 Å². The summed E-state index contributed by atoms with van der Waals surface area (Å²) >= 11 is 1.35. The Balaban J connectivity index is 1.68. The molecule has 3 heterocycles. The van der Waals surface area contributed by atoms with Crippen LogP contribution in [-0.2, 0) is 13.6 Å². The Bertz CT molecular complexity index is 1430. The number of rotatable bonds is 4. The largest absolute Gasteiger partial charge is 0.343 e. The number of para-hydroxylation sites is 1. The van der Waals surface area contributed by atoms with E-state index >= 15 is 0 Å². The normalized spacial score (nSPS) is 11.3. The molecule has 0 radical (unpaired) electrons. The van der Waals surface area contributed by atoms with Gasteiger partial charge in [0.25, 0.3) is 5.56 Å². The van der Waals surface area contributed by atoms with Crippen LogP contribution >= 0.6 is 11.3 Å². The zero-order chi connectivity index (χ0) is 20.0. The third kappa shape index (κ3) is 2.80. The second kappa shape index (κ2) is 6.83. The molecule has 0 spiro atoms. The van der Waals surface area contributed by atoms with E-state index in [9.17, 15) is 9.59 Å². The summed E-state index contributed by atoms with van der Waals surface area (Å²) in [6.07, 6.45) is 1.46. The fraction of sp³-hybridized carbons (Fsp3) is 0.0870. The van der Waals surface area contributed by atoms with Crippen molar-refractivity contribution < 1.29 is 4.79 Å². The monoisotopic (exact) mass is 399 g/mol. The molecule has 0 fully saturated rings. The Labute approximate surface area is 170 Å². The molecule has 142 valence electrons. The molecular weight excluding hydrogens is 382 g/mol. The lowest BCUT2D eigenvalue weighted by Gasteiger charge is -2.09. The number of carbonyl (C=O) groups is 1. The van der Waals surface area contributed by atoms with Crippen molar-refractivity contribution in [1.82, 2.24) is 14.1 Å². The molecule has 29 heavy (non-hydrogen) atoms. The van der Waals surface area contributed by atoms with Gasteiger partial charge in [-0.3, -0.25) is 14.2 Å². The summed E-state index contributed by atoms with van der Waals surface area (Å²) in [5.41, 5.74) is 3.92. The van der Waals surface area contributed by atoms with Crippen LogP contribution in [0.4, 0.5) is 0 Å². The molecule has 5 rings (SSSR count). The topological polar surface area (TPSA) is 56.9 Å².